The summed E-state index contributed by atoms with van der Waals surface area (Å²) >= 11 is 0. The second kappa shape index (κ2) is 8.19. The van der Waals surface area contributed by atoms with Crippen LogP contribution in [-0.2, 0) is 9.59 Å². The molecule has 31 heavy (non-hydrogen) atoms. The summed E-state index contributed by atoms with van der Waals surface area (Å²) < 4.78 is 0. The minimum absolute atomic E-state index is 0.121. The van der Waals surface area contributed by atoms with Crippen LogP contribution in [0.5, 0.6) is 0 Å². The van der Waals surface area contributed by atoms with Crippen LogP contribution in [0.2, 0.25) is 0 Å². The van der Waals surface area contributed by atoms with Crippen LogP contribution < -0.4 is 0 Å². The van der Waals surface area contributed by atoms with E-state index in [1.54, 1.807) is 0 Å². The molecule has 3 fully saturated rings. The molecule has 4 rings (SSSR count). The van der Waals surface area contributed by atoms with Gasteiger partial charge >= 0.3 is 0 Å². The van der Waals surface area contributed by atoms with Crippen molar-refractivity contribution in [3.8, 4) is 0 Å². The number of allylic oxidation sites excluding steroid dienone is 3. The molecule has 4 unspecified atom stereocenters. The van der Waals surface area contributed by atoms with Gasteiger partial charge in [0.1, 0.15) is 11.6 Å². The number of carbonyl (C=O) groups is 2. The molecule has 0 radical (unpaired) electrons. The van der Waals surface area contributed by atoms with Crippen molar-refractivity contribution in [2.75, 3.05) is 0 Å². The molecule has 0 aliphatic heterocycles. The van der Waals surface area contributed by atoms with Crippen LogP contribution in [0.1, 0.15) is 91.9 Å². The van der Waals surface area contributed by atoms with E-state index in [0.29, 0.717) is 41.7 Å². The number of fused-ring (bicyclic) bond motifs is 5. The molecule has 4 aliphatic rings. The van der Waals surface area contributed by atoms with Crippen molar-refractivity contribution in [1.29, 1.82) is 0 Å². The highest BCUT2D eigenvalue weighted by molar-refractivity contribution is 5.85. The van der Waals surface area contributed by atoms with Crippen molar-refractivity contribution in [3.63, 3.8) is 0 Å². The third-order valence-electron chi connectivity index (χ3n) is 10.3. The Kier molecular flexibility index (Phi) is 6.03. The van der Waals surface area contributed by atoms with Gasteiger partial charge in [-0.15, -0.1) is 0 Å². The molecule has 8 atom stereocenters. The van der Waals surface area contributed by atoms with Gasteiger partial charge in [0.15, 0.2) is 0 Å². The van der Waals surface area contributed by atoms with Gasteiger partial charge in [0.25, 0.3) is 0 Å². The van der Waals surface area contributed by atoms with Crippen LogP contribution in [0, 0.1) is 46.3 Å². The summed E-state index contributed by atoms with van der Waals surface area (Å²) in [5, 5.41) is 9.59. The molecule has 3 heteroatoms. The Morgan fingerprint density at radius 1 is 1.19 bits per heavy atom. The summed E-state index contributed by atoms with van der Waals surface area (Å²) in [5.74, 6) is 3.62. The van der Waals surface area contributed by atoms with Crippen molar-refractivity contribution in [3.05, 3.63) is 24.0 Å². The smallest absolute Gasteiger partial charge is 0.137 e. The van der Waals surface area contributed by atoms with E-state index in [9.17, 15) is 14.7 Å². The Bertz CT molecular complexity index is 794. The zero-order chi connectivity index (χ0) is 22.6. The van der Waals surface area contributed by atoms with Crippen molar-refractivity contribution < 1.29 is 14.7 Å². The summed E-state index contributed by atoms with van der Waals surface area (Å²) in [6, 6.07) is 0. The third kappa shape index (κ3) is 3.74. The van der Waals surface area contributed by atoms with Crippen LogP contribution in [0.15, 0.2) is 24.0 Å². The van der Waals surface area contributed by atoms with E-state index in [0.717, 1.165) is 51.4 Å². The van der Waals surface area contributed by atoms with Gasteiger partial charge in [-0.25, -0.2) is 0 Å². The summed E-state index contributed by atoms with van der Waals surface area (Å²) in [7, 11) is 0. The van der Waals surface area contributed by atoms with E-state index < -0.39 is 0 Å². The average molecular weight is 427 g/mol. The van der Waals surface area contributed by atoms with Crippen molar-refractivity contribution >= 4 is 11.6 Å². The van der Waals surface area contributed by atoms with E-state index in [1.807, 2.05) is 6.92 Å². The standard InChI is InChI=1S/C28H42O3/c1-17(19(3)29)7-6-8-18(2)26-25(31)16-24-22-10-9-20-15-21(30)11-13-27(20,4)23(22)12-14-28(24,26)5/h9,17-18,22-24,26,29H,3,6-8,10-16H2,1-2,4-5H3/t17-,18?,22?,23?,24?,26-,27-,28-/m0/s1. The highest BCUT2D eigenvalue weighted by Gasteiger charge is 2.61. The zero-order valence-corrected chi connectivity index (χ0v) is 20.1. The molecule has 0 aromatic rings. The minimum Gasteiger partial charge on any atom is -0.513 e. The van der Waals surface area contributed by atoms with Crippen molar-refractivity contribution in [2.45, 2.75) is 91.9 Å². The van der Waals surface area contributed by atoms with E-state index in [2.05, 4.69) is 33.4 Å². The Labute approximate surface area is 188 Å². The Hall–Kier alpha value is -1.38. The van der Waals surface area contributed by atoms with Gasteiger partial charge < -0.3 is 5.11 Å². The lowest BCUT2D eigenvalue weighted by molar-refractivity contribution is -0.125. The maximum absolute atomic E-state index is 13.4. The maximum atomic E-state index is 13.4. The Morgan fingerprint density at radius 2 is 1.94 bits per heavy atom. The number of carbonyl (C=O) groups excluding carboxylic acids is 2. The van der Waals surface area contributed by atoms with Crippen LogP contribution in [-0.4, -0.2) is 16.7 Å². The second-order valence-corrected chi connectivity index (χ2v) is 12.0. The quantitative estimate of drug-likeness (QED) is 0.374. The first-order valence-corrected chi connectivity index (χ1v) is 12.7. The van der Waals surface area contributed by atoms with Crippen LogP contribution in [0.3, 0.4) is 0 Å². The Balaban J connectivity index is 1.50. The molecule has 0 aromatic carbocycles. The number of hydrogen-bond acceptors (Lipinski definition) is 3. The van der Waals surface area contributed by atoms with Gasteiger partial charge in [-0.1, -0.05) is 52.3 Å². The number of ketones is 2. The molecule has 0 saturated heterocycles. The normalized spacial score (nSPS) is 41.6. The molecule has 0 heterocycles. The maximum Gasteiger partial charge on any atom is 0.137 e. The molecular weight excluding hydrogens is 384 g/mol. The van der Waals surface area contributed by atoms with Crippen molar-refractivity contribution in [1.82, 2.24) is 0 Å². The van der Waals surface area contributed by atoms with E-state index in [4.69, 9.17) is 0 Å². The molecule has 0 aromatic heterocycles. The fraction of sp³-hybridized carbons (Fsp3) is 0.786. The van der Waals surface area contributed by atoms with Gasteiger partial charge in [-0.2, -0.15) is 0 Å². The molecular formula is C28H42O3. The van der Waals surface area contributed by atoms with E-state index >= 15 is 0 Å². The predicted octanol–water partition coefficient (Wildman–Crippen LogP) is 6.83. The summed E-state index contributed by atoms with van der Waals surface area (Å²) in [6.07, 6.45) is 12.0. The fourth-order valence-corrected chi connectivity index (χ4v) is 8.35. The number of Topliss-reactive ketones (excluding diaryl/α,β-unsaturated/α-hetero) is 2. The first-order valence-electron chi connectivity index (χ1n) is 12.7. The van der Waals surface area contributed by atoms with Gasteiger partial charge in [0.2, 0.25) is 0 Å². The molecule has 3 saturated carbocycles. The van der Waals surface area contributed by atoms with Crippen LogP contribution in [0.4, 0.5) is 0 Å². The fourth-order valence-electron chi connectivity index (χ4n) is 8.35. The van der Waals surface area contributed by atoms with E-state index in [1.165, 1.54) is 12.0 Å². The number of aliphatic hydroxyl groups excluding tert-OH is 1. The first-order chi connectivity index (χ1) is 14.6. The second-order valence-electron chi connectivity index (χ2n) is 12.0. The van der Waals surface area contributed by atoms with Gasteiger partial charge in [-0.3, -0.25) is 9.59 Å². The highest BCUT2D eigenvalue weighted by Crippen LogP contribution is 2.66. The first kappa shape index (κ1) is 22.8. The van der Waals surface area contributed by atoms with Crippen LogP contribution in [0.25, 0.3) is 0 Å². The number of rotatable bonds is 6. The lowest BCUT2D eigenvalue weighted by Gasteiger charge is -2.57. The topological polar surface area (TPSA) is 54.4 Å². The summed E-state index contributed by atoms with van der Waals surface area (Å²) in [5.41, 5.74) is 1.70. The van der Waals surface area contributed by atoms with Crippen molar-refractivity contribution in [2.24, 2.45) is 46.3 Å². The lowest BCUT2D eigenvalue weighted by Crippen LogP contribution is -2.50. The van der Waals surface area contributed by atoms with Gasteiger partial charge in [-0.05, 0) is 73.0 Å². The largest absolute Gasteiger partial charge is 0.513 e. The highest BCUT2D eigenvalue weighted by atomic mass is 16.3. The molecule has 0 spiro atoms. The SMILES string of the molecule is C=C(O)[C@@H](C)CCCC(C)[C@H]1C(=O)CC2C3CC=C4CC(=O)CC[C@]4(C)C3CC[C@@]21C. The summed E-state index contributed by atoms with van der Waals surface area (Å²) in [6.45, 7) is 12.8. The molecule has 0 bridgehead atoms. The molecule has 172 valence electrons. The van der Waals surface area contributed by atoms with Gasteiger partial charge in [0.05, 0.1) is 5.76 Å². The molecule has 1 N–H and O–H groups in total. The lowest BCUT2D eigenvalue weighted by atomic mass is 9.47. The third-order valence-corrected chi connectivity index (χ3v) is 10.3. The molecule has 0 amide bonds. The zero-order valence-electron chi connectivity index (χ0n) is 20.1. The monoisotopic (exact) mass is 426 g/mol. The summed E-state index contributed by atoms with van der Waals surface area (Å²) in [4.78, 5) is 25.4. The predicted molar refractivity (Wildman–Crippen MR) is 125 cm³/mol. The number of aliphatic hydroxyl groups is 1. The molecule has 3 nitrogen and oxygen atoms in total. The average Bonchev–Trinajstić information content (AvgIpc) is 2.98. The van der Waals surface area contributed by atoms with E-state index in [-0.39, 0.29) is 28.4 Å². The minimum atomic E-state index is 0.121. The van der Waals surface area contributed by atoms with Crippen LogP contribution >= 0.6 is 0 Å². The van der Waals surface area contributed by atoms with Gasteiger partial charge in [0, 0.05) is 31.1 Å². The number of hydrogen-bond donors (Lipinski definition) is 1. The molecule has 4 aliphatic carbocycles. The Morgan fingerprint density at radius 3 is 2.65 bits per heavy atom.